The number of benzene rings is 2. The zero-order chi connectivity index (χ0) is 15.4. The summed E-state index contributed by atoms with van der Waals surface area (Å²) in [5, 5.41) is 2.84. The maximum absolute atomic E-state index is 12.3. The van der Waals surface area contributed by atoms with Crippen LogP contribution in [-0.4, -0.2) is 20.1 Å². The largest absolute Gasteiger partial charge is 0.497 e. The van der Waals surface area contributed by atoms with E-state index in [-0.39, 0.29) is 5.91 Å². The molecule has 1 N–H and O–H groups in total. The average Bonchev–Trinajstić information content (AvgIpc) is 2.49. The normalized spacial score (nSPS) is 10.1. The number of carbonyl (C=O) groups excluding carboxylic acids is 1. The molecule has 0 spiro atoms. The Bertz CT molecular complexity index is 671. The van der Waals surface area contributed by atoms with Crippen LogP contribution in [-0.2, 0) is 0 Å². The molecule has 5 heteroatoms. The Morgan fingerprint density at radius 3 is 2.48 bits per heavy atom. The summed E-state index contributed by atoms with van der Waals surface area (Å²) in [6, 6.07) is 10.7. The molecule has 0 aliphatic carbocycles. The summed E-state index contributed by atoms with van der Waals surface area (Å²) >= 11 is 3.42. The Kier molecular flexibility index (Phi) is 4.85. The summed E-state index contributed by atoms with van der Waals surface area (Å²) in [7, 11) is 3.13. The Morgan fingerprint density at radius 1 is 1.10 bits per heavy atom. The summed E-state index contributed by atoms with van der Waals surface area (Å²) in [5.74, 6) is 1.04. The molecule has 2 aromatic rings. The first-order chi connectivity index (χ1) is 10.0. The third-order valence-electron chi connectivity index (χ3n) is 3.07. The molecule has 0 radical (unpaired) electrons. The van der Waals surface area contributed by atoms with Gasteiger partial charge >= 0.3 is 0 Å². The number of carbonyl (C=O) groups is 1. The molecule has 110 valence electrons. The number of nitrogens with one attached hydrogen (secondary N) is 1. The summed E-state index contributed by atoms with van der Waals surface area (Å²) in [6.07, 6.45) is 0. The number of ether oxygens (including phenoxy) is 2. The summed E-state index contributed by atoms with van der Waals surface area (Å²) < 4.78 is 11.4. The average molecular weight is 350 g/mol. The fraction of sp³-hybridized carbons (Fsp3) is 0.188. The molecular formula is C16H16BrNO3. The molecule has 4 nitrogen and oxygen atoms in total. The second-order valence-corrected chi connectivity index (χ2v) is 5.34. The predicted molar refractivity (Wildman–Crippen MR) is 86.4 cm³/mol. The van der Waals surface area contributed by atoms with Gasteiger partial charge in [-0.15, -0.1) is 0 Å². The zero-order valence-electron chi connectivity index (χ0n) is 12.1. The fourth-order valence-electron chi connectivity index (χ4n) is 1.89. The van der Waals surface area contributed by atoms with Crippen LogP contribution >= 0.6 is 15.9 Å². The van der Waals surface area contributed by atoms with Crippen LogP contribution in [0.2, 0.25) is 0 Å². The van der Waals surface area contributed by atoms with Crippen molar-refractivity contribution in [3.05, 3.63) is 52.0 Å². The molecule has 0 bridgehead atoms. The molecule has 0 heterocycles. The Morgan fingerprint density at radius 2 is 1.86 bits per heavy atom. The van der Waals surface area contributed by atoms with Crippen LogP contribution in [0.3, 0.4) is 0 Å². The Hall–Kier alpha value is -2.01. The number of anilines is 1. The highest BCUT2D eigenvalue weighted by Gasteiger charge is 2.11. The van der Waals surface area contributed by atoms with Crippen LogP contribution in [0.1, 0.15) is 15.9 Å². The van der Waals surface area contributed by atoms with Gasteiger partial charge in [0.05, 0.1) is 19.9 Å². The monoisotopic (exact) mass is 349 g/mol. The molecule has 0 aromatic heterocycles. The van der Waals surface area contributed by atoms with Crippen LogP contribution in [0.5, 0.6) is 11.5 Å². The van der Waals surface area contributed by atoms with Crippen LogP contribution in [0.4, 0.5) is 5.69 Å². The minimum absolute atomic E-state index is 0.197. The smallest absolute Gasteiger partial charge is 0.255 e. The van der Waals surface area contributed by atoms with Crippen molar-refractivity contribution in [3.8, 4) is 11.5 Å². The number of halogens is 1. The van der Waals surface area contributed by atoms with E-state index in [9.17, 15) is 4.79 Å². The minimum Gasteiger partial charge on any atom is -0.497 e. The van der Waals surface area contributed by atoms with Gasteiger partial charge in [0, 0.05) is 16.1 Å². The lowest BCUT2D eigenvalue weighted by Crippen LogP contribution is -2.13. The highest BCUT2D eigenvalue weighted by molar-refractivity contribution is 9.10. The van der Waals surface area contributed by atoms with Crippen molar-refractivity contribution >= 4 is 27.5 Å². The van der Waals surface area contributed by atoms with Gasteiger partial charge in [0.15, 0.2) is 0 Å². The minimum atomic E-state index is -0.197. The number of aryl methyl sites for hydroxylation is 1. The first-order valence-corrected chi connectivity index (χ1v) is 7.14. The van der Waals surface area contributed by atoms with E-state index in [4.69, 9.17) is 9.47 Å². The van der Waals surface area contributed by atoms with Gasteiger partial charge in [0.2, 0.25) is 0 Å². The van der Waals surface area contributed by atoms with E-state index in [0.717, 1.165) is 10.0 Å². The maximum atomic E-state index is 12.3. The molecule has 0 aliphatic rings. The van der Waals surface area contributed by atoms with Crippen LogP contribution < -0.4 is 14.8 Å². The molecule has 21 heavy (non-hydrogen) atoms. The van der Waals surface area contributed by atoms with Crippen molar-refractivity contribution in [1.29, 1.82) is 0 Å². The van der Waals surface area contributed by atoms with Crippen LogP contribution in [0.25, 0.3) is 0 Å². The second kappa shape index (κ2) is 6.63. The van der Waals surface area contributed by atoms with Gasteiger partial charge in [-0.05, 0) is 42.8 Å². The van der Waals surface area contributed by atoms with E-state index < -0.39 is 0 Å². The number of methoxy groups -OCH3 is 2. The standard InChI is InChI=1S/C16H16BrNO3/c1-10-8-11(4-6-13(10)17)16(19)18-14-9-12(20-2)5-7-15(14)21-3/h4-9H,1-3H3,(H,18,19). The first-order valence-electron chi connectivity index (χ1n) is 6.34. The summed E-state index contributed by atoms with van der Waals surface area (Å²) in [4.78, 5) is 12.3. The second-order valence-electron chi connectivity index (χ2n) is 4.48. The third-order valence-corrected chi connectivity index (χ3v) is 3.96. The quantitative estimate of drug-likeness (QED) is 0.906. The maximum Gasteiger partial charge on any atom is 0.255 e. The molecule has 1 amide bonds. The first kappa shape index (κ1) is 15.4. The Balaban J connectivity index is 2.28. The van der Waals surface area contributed by atoms with Crippen LogP contribution in [0, 0.1) is 6.92 Å². The van der Waals surface area contributed by atoms with E-state index in [0.29, 0.717) is 22.7 Å². The van der Waals surface area contributed by atoms with Crippen molar-refractivity contribution < 1.29 is 14.3 Å². The topological polar surface area (TPSA) is 47.6 Å². The van der Waals surface area contributed by atoms with Gasteiger partial charge in [0.1, 0.15) is 11.5 Å². The van der Waals surface area contributed by atoms with Gasteiger partial charge in [-0.1, -0.05) is 15.9 Å². The highest BCUT2D eigenvalue weighted by atomic mass is 79.9. The van der Waals surface area contributed by atoms with Crippen molar-refractivity contribution in [2.24, 2.45) is 0 Å². The number of rotatable bonds is 4. The van der Waals surface area contributed by atoms with Crippen molar-refractivity contribution in [3.63, 3.8) is 0 Å². The van der Waals surface area contributed by atoms with Gasteiger partial charge < -0.3 is 14.8 Å². The zero-order valence-corrected chi connectivity index (χ0v) is 13.7. The van der Waals surface area contributed by atoms with Crippen molar-refractivity contribution in [2.75, 3.05) is 19.5 Å². The molecule has 0 saturated carbocycles. The molecule has 2 rings (SSSR count). The van der Waals surface area contributed by atoms with E-state index in [1.165, 1.54) is 0 Å². The lowest BCUT2D eigenvalue weighted by Gasteiger charge is -2.12. The van der Waals surface area contributed by atoms with E-state index in [1.54, 1.807) is 38.5 Å². The van der Waals surface area contributed by atoms with Crippen molar-refractivity contribution in [2.45, 2.75) is 6.92 Å². The third kappa shape index (κ3) is 3.55. The van der Waals surface area contributed by atoms with Crippen LogP contribution in [0.15, 0.2) is 40.9 Å². The van der Waals surface area contributed by atoms with E-state index in [2.05, 4.69) is 21.2 Å². The molecule has 2 aromatic carbocycles. The van der Waals surface area contributed by atoms with E-state index >= 15 is 0 Å². The SMILES string of the molecule is COc1ccc(OC)c(NC(=O)c2ccc(Br)c(C)c2)c1. The molecule has 0 fully saturated rings. The lowest BCUT2D eigenvalue weighted by molar-refractivity contribution is 0.102. The molecule has 0 saturated heterocycles. The number of hydrogen-bond acceptors (Lipinski definition) is 3. The predicted octanol–water partition coefficient (Wildman–Crippen LogP) is 4.03. The fourth-order valence-corrected chi connectivity index (χ4v) is 2.14. The summed E-state index contributed by atoms with van der Waals surface area (Å²) in [6.45, 7) is 1.94. The van der Waals surface area contributed by atoms with Gasteiger partial charge in [-0.25, -0.2) is 0 Å². The highest BCUT2D eigenvalue weighted by Crippen LogP contribution is 2.29. The molecule has 0 aliphatic heterocycles. The number of hydrogen-bond donors (Lipinski definition) is 1. The van der Waals surface area contributed by atoms with E-state index in [1.807, 2.05) is 19.1 Å². The lowest BCUT2D eigenvalue weighted by atomic mass is 10.1. The molecule has 0 unspecified atom stereocenters. The molecule has 0 atom stereocenters. The van der Waals surface area contributed by atoms with Gasteiger partial charge in [0.25, 0.3) is 5.91 Å². The Labute approximate surface area is 132 Å². The van der Waals surface area contributed by atoms with Crippen molar-refractivity contribution in [1.82, 2.24) is 0 Å². The van der Waals surface area contributed by atoms with Gasteiger partial charge in [-0.2, -0.15) is 0 Å². The number of amides is 1. The summed E-state index contributed by atoms with van der Waals surface area (Å²) in [5.41, 5.74) is 2.16. The molecular weight excluding hydrogens is 334 g/mol. The van der Waals surface area contributed by atoms with Gasteiger partial charge in [-0.3, -0.25) is 4.79 Å².